The Morgan fingerprint density at radius 1 is 1.18 bits per heavy atom. The minimum atomic E-state index is -2.93. The molecule has 0 saturated heterocycles. The van der Waals surface area contributed by atoms with Gasteiger partial charge < -0.3 is 5.11 Å². The predicted octanol–water partition coefficient (Wildman–Crippen LogP) is 7.16. The van der Waals surface area contributed by atoms with Crippen molar-refractivity contribution in [3.05, 3.63) is 53.6 Å². The molecular formula is C18H20F5OPS3. The Morgan fingerprint density at radius 2 is 1.68 bits per heavy atom. The highest BCUT2D eigenvalue weighted by atomic mass is 33.2. The standard InChI is InChI=1S/C18H20F5OPS3/c1-5-25(26,27-17-15(22)13(20)12(19)14(21)16(17)23)28-18(4)7-6-10(9(2)3)8-11(18)24/h5,10-11,24H,1-2,6-8H2,3-4H3/t10-,11?,18+,25-/m1/s1. The first-order valence-corrected chi connectivity index (χ1v) is 14.0. The fraction of sp³-hybridized carbons (Fsp3) is 0.444. The minimum absolute atomic E-state index is 0.160. The van der Waals surface area contributed by atoms with Gasteiger partial charge in [-0.1, -0.05) is 41.9 Å². The average Bonchev–Trinajstić information content (AvgIpc) is 2.64. The number of aliphatic hydroxyl groups is 1. The molecule has 0 spiro atoms. The number of halogens is 5. The molecule has 4 atom stereocenters. The molecule has 1 nitrogen and oxygen atoms in total. The van der Waals surface area contributed by atoms with Gasteiger partial charge in [0, 0.05) is 4.75 Å². The van der Waals surface area contributed by atoms with Crippen LogP contribution in [0.4, 0.5) is 22.0 Å². The van der Waals surface area contributed by atoms with Crippen LogP contribution >= 0.6 is 27.2 Å². The van der Waals surface area contributed by atoms with Crippen LogP contribution in [-0.4, -0.2) is 16.0 Å². The second-order valence-corrected chi connectivity index (χ2v) is 18.5. The normalized spacial score (nSPS) is 27.3. The summed E-state index contributed by atoms with van der Waals surface area (Å²) in [7, 11) is 0. The lowest BCUT2D eigenvalue weighted by Crippen LogP contribution is -2.41. The summed E-state index contributed by atoms with van der Waals surface area (Å²) in [4.78, 5) is -1.01. The lowest BCUT2D eigenvalue weighted by molar-refractivity contribution is 0.0803. The quantitative estimate of drug-likeness (QED) is 0.155. The Bertz CT molecular complexity index is 833. The van der Waals surface area contributed by atoms with Crippen molar-refractivity contribution in [1.82, 2.24) is 0 Å². The van der Waals surface area contributed by atoms with Gasteiger partial charge in [-0.3, -0.25) is 0 Å². The third-order valence-electron chi connectivity index (χ3n) is 4.85. The molecule has 1 aromatic rings. The molecule has 0 bridgehead atoms. The van der Waals surface area contributed by atoms with Crippen molar-refractivity contribution in [3.8, 4) is 0 Å². The largest absolute Gasteiger partial charge is 0.392 e. The zero-order valence-corrected chi connectivity index (χ0v) is 18.6. The molecule has 0 amide bonds. The second kappa shape index (κ2) is 8.80. The fourth-order valence-electron chi connectivity index (χ4n) is 2.99. The van der Waals surface area contributed by atoms with Gasteiger partial charge >= 0.3 is 0 Å². The first-order chi connectivity index (χ1) is 12.8. The van der Waals surface area contributed by atoms with E-state index in [1.807, 2.05) is 6.92 Å². The molecule has 1 aliphatic rings. The maximum Gasteiger partial charge on any atom is 0.200 e. The van der Waals surface area contributed by atoms with Crippen molar-refractivity contribution in [2.24, 2.45) is 5.92 Å². The summed E-state index contributed by atoms with van der Waals surface area (Å²) in [5, 5.41) is 10.7. The van der Waals surface area contributed by atoms with Crippen LogP contribution in [0.15, 0.2) is 29.4 Å². The molecule has 10 heteroatoms. The van der Waals surface area contributed by atoms with Gasteiger partial charge in [0.25, 0.3) is 0 Å². The molecule has 28 heavy (non-hydrogen) atoms. The summed E-state index contributed by atoms with van der Waals surface area (Å²) in [6, 6.07) is 0. The highest BCUT2D eigenvalue weighted by molar-refractivity contribution is 9.01. The van der Waals surface area contributed by atoms with Crippen LogP contribution in [0.25, 0.3) is 0 Å². The Balaban J connectivity index is 2.34. The average molecular weight is 475 g/mol. The smallest absolute Gasteiger partial charge is 0.200 e. The van der Waals surface area contributed by atoms with Gasteiger partial charge in [0.2, 0.25) is 5.82 Å². The van der Waals surface area contributed by atoms with Crippen LogP contribution in [0.5, 0.6) is 0 Å². The lowest BCUT2D eigenvalue weighted by atomic mass is 9.77. The van der Waals surface area contributed by atoms with E-state index in [0.29, 0.717) is 24.2 Å². The first kappa shape index (κ1) is 23.9. The van der Waals surface area contributed by atoms with Crippen molar-refractivity contribution < 1.29 is 27.1 Å². The van der Waals surface area contributed by atoms with Crippen LogP contribution < -0.4 is 0 Å². The van der Waals surface area contributed by atoms with E-state index in [-0.39, 0.29) is 5.92 Å². The van der Waals surface area contributed by atoms with E-state index in [1.54, 1.807) is 6.92 Å². The van der Waals surface area contributed by atoms with E-state index in [0.717, 1.165) is 23.4 Å². The van der Waals surface area contributed by atoms with Gasteiger partial charge in [0.1, 0.15) is 0 Å². The molecule has 1 fully saturated rings. The van der Waals surface area contributed by atoms with Gasteiger partial charge in [-0.15, -0.1) is 11.4 Å². The number of hydrogen-bond acceptors (Lipinski definition) is 4. The monoisotopic (exact) mass is 474 g/mol. The fourth-order valence-corrected chi connectivity index (χ4v) is 13.7. The van der Waals surface area contributed by atoms with E-state index in [4.69, 9.17) is 11.8 Å². The summed E-state index contributed by atoms with van der Waals surface area (Å²) in [5.41, 5.74) is 0.963. The van der Waals surface area contributed by atoms with Crippen LogP contribution in [0, 0.1) is 35.0 Å². The molecule has 1 unspecified atom stereocenters. The second-order valence-electron chi connectivity index (χ2n) is 6.95. The first-order valence-electron chi connectivity index (χ1n) is 8.33. The molecule has 1 aliphatic carbocycles. The Hall–Kier alpha value is -0.340. The van der Waals surface area contributed by atoms with Crippen molar-refractivity contribution in [2.45, 2.75) is 48.9 Å². The van der Waals surface area contributed by atoms with Crippen LogP contribution in [0.2, 0.25) is 0 Å². The summed E-state index contributed by atoms with van der Waals surface area (Å²) in [6.45, 7) is 11.2. The third kappa shape index (κ3) is 4.69. The summed E-state index contributed by atoms with van der Waals surface area (Å²) in [5.74, 6) is -8.56. The van der Waals surface area contributed by atoms with Crippen LogP contribution in [-0.2, 0) is 11.8 Å². The van der Waals surface area contributed by atoms with E-state index in [2.05, 4.69) is 13.2 Å². The van der Waals surface area contributed by atoms with Gasteiger partial charge in [-0.25, -0.2) is 22.0 Å². The zero-order chi connectivity index (χ0) is 21.4. The van der Waals surface area contributed by atoms with Gasteiger partial charge in [-0.05, 0) is 44.8 Å². The number of hydrogen-bond donors (Lipinski definition) is 1. The van der Waals surface area contributed by atoms with Crippen molar-refractivity contribution in [1.29, 1.82) is 0 Å². The van der Waals surface area contributed by atoms with E-state index < -0.39 is 49.3 Å². The molecular weight excluding hydrogens is 454 g/mol. The molecule has 0 aromatic heterocycles. The Morgan fingerprint density at radius 3 is 2.11 bits per heavy atom. The number of rotatable bonds is 6. The van der Waals surface area contributed by atoms with E-state index in [9.17, 15) is 27.1 Å². The van der Waals surface area contributed by atoms with Crippen molar-refractivity contribution in [3.63, 3.8) is 0 Å². The Kier molecular flexibility index (Phi) is 7.52. The summed E-state index contributed by atoms with van der Waals surface area (Å²) in [6.07, 6.45) is 1.04. The predicted molar refractivity (Wildman–Crippen MR) is 111 cm³/mol. The number of allylic oxidation sites excluding steroid dienone is 1. The lowest BCUT2D eigenvalue weighted by Gasteiger charge is -2.43. The number of benzene rings is 1. The van der Waals surface area contributed by atoms with Gasteiger partial charge in [0.05, 0.1) is 15.4 Å². The van der Waals surface area contributed by atoms with Crippen molar-refractivity contribution >= 4 is 39.0 Å². The third-order valence-corrected chi connectivity index (χ3v) is 14.6. The van der Waals surface area contributed by atoms with Gasteiger partial charge in [-0.2, -0.15) is 0 Å². The van der Waals surface area contributed by atoms with Crippen LogP contribution in [0.1, 0.15) is 33.1 Å². The molecule has 2 rings (SSSR count). The van der Waals surface area contributed by atoms with Gasteiger partial charge in [0.15, 0.2) is 23.3 Å². The highest BCUT2D eigenvalue weighted by Crippen LogP contribution is 2.77. The van der Waals surface area contributed by atoms with Crippen LogP contribution in [0.3, 0.4) is 0 Å². The van der Waals surface area contributed by atoms with Crippen molar-refractivity contribution in [2.75, 3.05) is 0 Å². The van der Waals surface area contributed by atoms with E-state index >= 15 is 0 Å². The number of aliphatic hydroxyl groups excluding tert-OH is 1. The highest BCUT2D eigenvalue weighted by Gasteiger charge is 2.43. The molecule has 1 saturated carbocycles. The molecule has 156 valence electrons. The molecule has 1 aromatic carbocycles. The SMILES string of the molecule is C=C[P@@](=S)(Sc1c(F)c(F)c(F)c(F)c1F)S[C@@]1(C)CC[C@@H](C(=C)C)CC1O. The molecule has 0 heterocycles. The molecule has 0 aliphatic heterocycles. The zero-order valence-electron chi connectivity index (χ0n) is 15.3. The summed E-state index contributed by atoms with van der Waals surface area (Å²) < 4.78 is 64.8. The maximum absolute atomic E-state index is 14.1. The minimum Gasteiger partial charge on any atom is -0.392 e. The maximum atomic E-state index is 14.1. The summed E-state index contributed by atoms with van der Waals surface area (Å²) >= 11 is 7.10. The van der Waals surface area contributed by atoms with E-state index in [1.165, 1.54) is 5.82 Å². The molecule has 0 radical (unpaired) electrons. The molecule has 1 N–H and O–H groups in total. The topological polar surface area (TPSA) is 20.2 Å². The Labute approximate surface area is 174 Å².